The molecule has 1 heterocycles. The minimum atomic E-state index is 0. The van der Waals surface area contributed by atoms with Gasteiger partial charge in [0.2, 0.25) is 0 Å². The van der Waals surface area contributed by atoms with E-state index in [1.54, 1.807) is 0 Å². The van der Waals surface area contributed by atoms with E-state index in [0.717, 1.165) is 30.1 Å². The minimum Gasteiger partial charge on any atom is -0.371 e. The van der Waals surface area contributed by atoms with Crippen molar-refractivity contribution >= 4 is 51.6 Å². The van der Waals surface area contributed by atoms with Gasteiger partial charge in [-0.3, -0.25) is 4.99 Å². The van der Waals surface area contributed by atoms with Gasteiger partial charge in [0.25, 0.3) is 0 Å². The Balaban J connectivity index is 0.00000242. The minimum absolute atomic E-state index is 0. The molecule has 1 aliphatic rings. The van der Waals surface area contributed by atoms with Crippen LogP contribution >= 0.6 is 39.9 Å². The van der Waals surface area contributed by atoms with Gasteiger partial charge in [-0.1, -0.05) is 15.9 Å². The van der Waals surface area contributed by atoms with Gasteiger partial charge in [-0.2, -0.15) is 0 Å². The van der Waals surface area contributed by atoms with Gasteiger partial charge in [-0.15, -0.1) is 24.0 Å². The van der Waals surface area contributed by atoms with Crippen LogP contribution in [0, 0.1) is 5.92 Å². The summed E-state index contributed by atoms with van der Waals surface area (Å²) >= 11 is 3.49. The molecule has 1 aromatic carbocycles. The molecule has 1 fully saturated rings. The molecule has 1 atom stereocenters. The van der Waals surface area contributed by atoms with E-state index in [1.165, 1.54) is 12.1 Å². The number of rotatable bonds is 3. The second-order valence-electron chi connectivity index (χ2n) is 6.01. The van der Waals surface area contributed by atoms with Gasteiger partial charge in [-0.05, 0) is 36.6 Å². The Bertz CT molecular complexity index is 477. The van der Waals surface area contributed by atoms with Crippen LogP contribution in [0.15, 0.2) is 33.7 Å². The Morgan fingerprint density at radius 3 is 2.32 bits per heavy atom. The Labute approximate surface area is 159 Å². The summed E-state index contributed by atoms with van der Waals surface area (Å²) in [5.74, 6) is 1.68. The van der Waals surface area contributed by atoms with E-state index < -0.39 is 0 Å². The zero-order chi connectivity index (χ0) is 15.4. The van der Waals surface area contributed by atoms with Gasteiger partial charge in [-0.25, -0.2) is 0 Å². The van der Waals surface area contributed by atoms with Crippen molar-refractivity contribution in [1.82, 2.24) is 9.80 Å². The molecule has 0 aromatic heterocycles. The summed E-state index contributed by atoms with van der Waals surface area (Å²) < 4.78 is 1.13. The highest BCUT2D eigenvalue weighted by Gasteiger charge is 2.22. The van der Waals surface area contributed by atoms with E-state index in [2.05, 4.69) is 54.9 Å². The van der Waals surface area contributed by atoms with Gasteiger partial charge < -0.3 is 14.7 Å². The average Bonchev–Trinajstić information content (AvgIpc) is 2.87. The van der Waals surface area contributed by atoms with Crippen LogP contribution in [0.5, 0.6) is 0 Å². The monoisotopic (exact) mass is 480 g/mol. The molecule has 2 rings (SSSR count). The number of nitrogens with zero attached hydrogens (tertiary/aromatic N) is 4. The molecular weight excluding hydrogens is 455 g/mol. The van der Waals surface area contributed by atoms with Crippen LogP contribution in [0.2, 0.25) is 0 Å². The summed E-state index contributed by atoms with van der Waals surface area (Å²) in [4.78, 5) is 11.4. The molecule has 0 N–H and O–H groups in total. The maximum Gasteiger partial charge on any atom is 0.195 e. The Morgan fingerprint density at radius 2 is 1.77 bits per heavy atom. The summed E-state index contributed by atoms with van der Waals surface area (Å²) in [5.41, 5.74) is 1.31. The standard InChI is InChI=1S/C16H25BrN4.HI/c1-19(2)16(20(3)4)18-11-13-9-10-21(12-13)15-7-5-14(17)6-8-15;/h5-8,13H,9-12H2,1-4H3;1H. The van der Waals surface area contributed by atoms with Crippen LogP contribution < -0.4 is 4.90 Å². The molecule has 22 heavy (non-hydrogen) atoms. The number of anilines is 1. The molecule has 0 spiro atoms. The molecular formula is C16H26BrIN4. The van der Waals surface area contributed by atoms with Gasteiger partial charge >= 0.3 is 0 Å². The number of benzene rings is 1. The zero-order valence-electron chi connectivity index (χ0n) is 13.8. The van der Waals surface area contributed by atoms with Crippen molar-refractivity contribution in [3.05, 3.63) is 28.7 Å². The maximum atomic E-state index is 4.78. The van der Waals surface area contributed by atoms with Crippen LogP contribution in [0.3, 0.4) is 0 Å². The van der Waals surface area contributed by atoms with Crippen molar-refractivity contribution in [2.75, 3.05) is 52.7 Å². The highest BCUT2D eigenvalue weighted by Crippen LogP contribution is 2.25. The third-order valence-electron chi connectivity index (χ3n) is 3.77. The van der Waals surface area contributed by atoms with Crippen LogP contribution in [-0.2, 0) is 0 Å². The predicted octanol–water partition coefficient (Wildman–Crippen LogP) is 3.37. The quantitative estimate of drug-likeness (QED) is 0.376. The van der Waals surface area contributed by atoms with E-state index in [1.807, 2.05) is 28.2 Å². The molecule has 0 aliphatic carbocycles. The molecule has 4 nitrogen and oxygen atoms in total. The number of hydrogen-bond acceptors (Lipinski definition) is 2. The molecule has 124 valence electrons. The number of guanidine groups is 1. The lowest BCUT2D eigenvalue weighted by Gasteiger charge is -2.23. The molecule has 0 bridgehead atoms. The van der Waals surface area contributed by atoms with Gasteiger partial charge in [0.05, 0.1) is 0 Å². The van der Waals surface area contributed by atoms with E-state index in [0.29, 0.717) is 5.92 Å². The fraction of sp³-hybridized carbons (Fsp3) is 0.562. The summed E-state index contributed by atoms with van der Waals surface area (Å²) in [6.07, 6.45) is 1.22. The smallest absolute Gasteiger partial charge is 0.195 e. The molecule has 1 unspecified atom stereocenters. The number of aliphatic imine (C=N–C) groups is 1. The van der Waals surface area contributed by atoms with Crippen molar-refractivity contribution in [2.24, 2.45) is 10.9 Å². The first-order valence-electron chi connectivity index (χ1n) is 7.37. The highest BCUT2D eigenvalue weighted by molar-refractivity contribution is 14.0. The summed E-state index contributed by atoms with van der Waals surface area (Å²) in [6, 6.07) is 8.58. The van der Waals surface area contributed by atoms with Crippen LogP contribution in [-0.4, -0.2) is 63.6 Å². The second kappa shape index (κ2) is 8.96. The van der Waals surface area contributed by atoms with Gasteiger partial charge in [0.15, 0.2) is 5.96 Å². The zero-order valence-corrected chi connectivity index (χ0v) is 17.7. The van der Waals surface area contributed by atoms with Crippen LogP contribution in [0.4, 0.5) is 5.69 Å². The second-order valence-corrected chi connectivity index (χ2v) is 6.92. The Morgan fingerprint density at radius 1 is 1.18 bits per heavy atom. The Kier molecular flexibility index (Phi) is 7.96. The van der Waals surface area contributed by atoms with Crippen molar-refractivity contribution in [2.45, 2.75) is 6.42 Å². The maximum absolute atomic E-state index is 4.78. The molecule has 0 radical (unpaired) electrons. The van der Waals surface area contributed by atoms with E-state index in [9.17, 15) is 0 Å². The van der Waals surface area contributed by atoms with E-state index in [-0.39, 0.29) is 24.0 Å². The fourth-order valence-electron chi connectivity index (χ4n) is 2.76. The summed E-state index contributed by atoms with van der Waals surface area (Å²) in [7, 11) is 8.17. The molecule has 0 saturated carbocycles. The van der Waals surface area contributed by atoms with Crippen LogP contribution in [0.1, 0.15) is 6.42 Å². The fourth-order valence-corrected chi connectivity index (χ4v) is 3.03. The molecule has 1 saturated heterocycles. The predicted molar refractivity (Wildman–Crippen MR) is 110 cm³/mol. The van der Waals surface area contributed by atoms with E-state index >= 15 is 0 Å². The third-order valence-corrected chi connectivity index (χ3v) is 4.30. The normalized spacial score (nSPS) is 17.0. The first-order chi connectivity index (χ1) is 9.97. The topological polar surface area (TPSA) is 22.1 Å². The molecule has 1 aromatic rings. The molecule has 6 heteroatoms. The SMILES string of the molecule is CN(C)C(=NCC1CCN(c2ccc(Br)cc2)C1)N(C)C.I. The first kappa shape index (κ1) is 19.5. The van der Waals surface area contributed by atoms with Gasteiger partial charge in [0, 0.05) is 58.0 Å². The highest BCUT2D eigenvalue weighted by atomic mass is 127. The molecule has 0 amide bonds. The number of halogens is 2. The third kappa shape index (κ3) is 5.30. The summed E-state index contributed by atoms with van der Waals surface area (Å²) in [5, 5.41) is 0. The lowest BCUT2D eigenvalue weighted by Crippen LogP contribution is -2.36. The first-order valence-corrected chi connectivity index (χ1v) is 8.16. The average molecular weight is 481 g/mol. The number of hydrogen-bond donors (Lipinski definition) is 0. The van der Waals surface area contributed by atoms with Crippen molar-refractivity contribution < 1.29 is 0 Å². The van der Waals surface area contributed by atoms with Crippen molar-refractivity contribution in [3.63, 3.8) is 0 Å². The van der Waals surface area contributed by atoms with Gasteiger partial charge in [0.1, 0.15) is 0 Å². The molecule has 1 aliphatic heterocycles. The van der Waals surface area contributed by atoms with Crippen LogP contribution in [0.25, 0.3) is 0 Å². The van der Waals surface area contributed by atoms with E-state index in [4.69, 9.17) is 4.99 Å². The Hall–Kier alpha value is -0.500. The summed E-state index contributed by atoms with van der Waals surface area (Å²) in [6.45, 7) is 3.12. The lowest BCUT2D eigenvalue weighted by atomic mass is 10.1. The largest absolute Gasteiger partial charge is 0.371 e. The van der Waals surface area contributed by atoms with Crippen molar-refractivity contribution in [3.8, 4) is 0 Å². The lowest BCUT2D eigenvalue weighted by molar-refractivity contribution is 0.472. The van der Waals surface area contributed by atoms with Crippen molar-refractivity contribution in [1.29, 1.82) is 0 Å².